The molecule has 1 aromatic rings. The van der Waals surface area contributed by atoms with Crippen LogP contribution in [0.1, 0.15) is 0 Å². The van der Waals surface area contributed by atoms with E-state index >= 15 is 0 Å². The summed E-state index contributed by atoms with van der Waals surface area (Å²) in [5.74, 6) is 3.11. The molecule has 1 amide bonds. The second-order valence-corrected chi connectivity index (χ2v) is 10.6. The number of nitrogens with one attached hydrogen (secondary N) is 1. The van der Waals surface area contributed by atoms with Crippen LogP contribution in [-0.2, 0) is 4.79 Å². The number of carbonyl (C=O) groups is 1. The van der Waals surface area contributed by atoms with Crippen LogP contribution in [-0.4, -0.2) is 26.8 Å². The van der Waals surface area contributed by atoms with Gasteiger partial charge in [-0.15, -0.1) is 5.54 Å². The first kappa shape index (κ1) is 16.5. The first-order valence-corrected chi connectivity index (χ1v) is 10.4. The molecule has 0 atom stereocenters. The Kier molecular flexibility index (Phi) is 6.48. The smallest absolute Gasteiger partial charge is 0.277 e. The fraction of sp³-hybridized carbons (Fsp3) is 0.286. The molecule has 0 heterocycles. The van der Waals surface area contributed by atoms with Crippen molar-refractivity contribution in [1.82, 2.24) is 5.43 Å². The number of carbonyl (C=O) groups excluding carboxylic acids is 1. The normalized spacial score (nSPS) is 10.8. The maximum absolute atomic E-state index is 11.5. The number of para-hydroxylation sites is 1. The van der Waals surface area contributed by atoms with Crippen LogP contribution < -0.4 is 10.2 Å². The summed E-state index contributed by atoms with van der Waals surface area (Å²) < 4.78 is 6.15. The molecule has 0 aliphatic carbocycles. The molecule has 0 spiro atoms. The van der Waals surface area contributed by atoms with Crippen LogP contribution in [0.4, 0.5) is 0 Å². The van der Waals surface area contributed by atoms with Crippen molar-refractivity contribution in [3.05, 3.63) is 28.7 Å². The second-order valence-electron chi connectivity index (χ2n) is 5.03. The summed E-state index contributed by atoms with van der Waals surface area (Å²) in [6, 6.07) is 7.33. The van der Waals surface area contributed by atoms with Crippen molar-refractivity contribution >= 4 is 36.1 Å². The predicted molar refractivity (Wildman–Crippen MR) is 87.4 cm³/mol. The number of halogens is 1. The van der Waals surface area contributed by atoms with Gasteiger partial charge >= 0.3 is 0 Å². The van der Waals surface area contributed by atoms with Gasteiger partial charge in [0, 0.05) is 0 Å². The van der Waals surface area contributed by atoms with Gasteiger partial charge in [0.05, 0.1) is 10.7 Å². The van der Waals surface area contributed by atoms with Crippen molar-refractivity contribution in [2.24, 2.45) is 5.10 Å². The Morgan fingerprint density at radius 3 is 2.80 bits per heavy atom. The lowest BCUT2D eigenvalue weighted by Crippen LogP contribution is -2.24. The standard InChI is InChI=1S/C14H17BrN2O2Si/c1-20(2,3)10-6-9-16-17-14(18)11-19-13-8-5-4-7-12(13)15/h4-5,7-9H,11H2,1-3H3,(H,17,18). The molecule has 1 aromatic carbocycles. The maximum Gasteiger partial charge on any atom is 0.277 e. The van der Waals surface area contributed by atoms with E-state index in [-0.39, 0.29) is 12.5 Å². The molecule has 0 unspecified atom stereocenters. The number of amides is 1. The van der Waals surface area contributed by atoms with E-state index in [1.165, 1.54) is 6.21 Å². The number of rotatable bonds is 4. The highest BCUT2D eigenvalue weighted by Crippen LogP contribution is 2.23. The number of ether oxygens (including phenoxy) is 1. The van der Waals surface area contributed by atoms with Crippen LogP contribution in [0.15, 0.2) is 33.8 Å². The van der Waals surface area contributed by atoms with Gasteiger partial charge in [-0.05, 0) is 28.1 Å². The van der Waals surface area contributed by atoms with Gasteiger partial charge in [0.2, 0.25) is 0 Å². The molecule has 6 heteroatoms. The molecule has 0 saturated heterocycles. The number of nitrogens with zero attached hydrogens (tertiary/aromatic N) is 1. The second kappa shape index (κ2) is 7.87. The Morgan fingerprint density at radius 2 is 2.15 bits per heavy atom. The first-order valence-electron chi connectivity index (χ1n) is 6.09. The lowest BCUT2D eigenvalue weighted by Gasteiger charge is -2.06. The quantitative estimate of drug-likeness (QED) is 0.392. The van der Waals surface area contributed by atoms with E-state index in [1.54, 1.807) is 6.07 Å². The SMILES string of the molecule is C[Si](C)(C)C#CC=NNC(=O)COc1ccccc1Br. The van der Waals surface area contributed by atoms with Gasteiger partial charge in [0.25, 0.3) is 5.91 Å². The Hall–Kier alpha value is -1.58. The molecule has 1 rings (SSSR count). The van der Waals surface area contributed by atoms with Crippen molar-refractivity contribution < 1.29 is 9.53 Å². The monoisotopic (exact) mass is 352 g/mol. The molecule has 0 aliphatic heterocycles. The molecular weight excluding hydrogens is 336 g/mol. The fourth-order valence-corrected chi connectivity index (χ4v) is 2.02. The fourth-order valence-electron chi connectivity index (χ4n) is 1.12. The Balaban J connectivity index is 2.36. The van der Waals surface area contributed by atoms with E-state index in [0.29, 0.717) is 5.75 Å². The minimum absolute atomic E-state index is 0.0958. The lowest BCUT2D eigenvalue weighted by atomic mass is 10.3. The summed E-state index contributed by atoms with van der Waals surface area (Å²) in [6.45, 7) is 6.31. The minimum atomic E-state index is -1.39. The van der Waals surface area contributed by atoms with E-state index in [2.05, 4.69) is 57.6 Å². The highest BCUT2D eigenvalue weighted by Gasteiger charge is 2.06. The van der Waals surface area contributed by atoms with Crippen molar-refractivity contribution in [1.29, 1.82) is 0 Å². The summed E-state index contributed by atoms with van der Waals surface area (Å²) >= 11 is 3.34. The Morgan fingerprint density at radius 1 is 1.45 bits per heavy atom. The molecule has 1 N–H and O–H groups in total. The number of hydrogen-bond acceptors (Lipinski definition) is 3. The first-order chi connectivity index (χ1) is 9.38. The van der Waals surface area contributed by atoms with Crippen molar-refractivity contribution in [3.63, 3.8) is 0 Å². The summed E-state index contributed by atoms with van der Waals surface area (Å²) in [7, 11) is -1.39. The van der Waals surface area contributed by atoms with Crippen LogP contribution in [0.25, 0.3) is 0 Å². The molecule has 0 saturated carbocycles. The topological polar surface area (TPSA) is 50.7 Å². The molecular formula is C14H17BrN2O2Si. The zero-order valence-corrected chi connectivity index (χ0v) is 14.3. The van der Waals surface area contributed by atoms with Crippen LogP contribution in [0.3, 0.4) is 0 Å². The van der Waals surface area contributed by atoms with Crippen LogP contribution in [0.2, 0.25) is 19.6 Å². The molecule has 0 aromatic heterocycles. The van der Waals surface area contributed by atoms with Crippen molar-refractivity contribution in [2.45, 2.75) is 19.6 Å². The third-order valence-corrected chi connectivity index (χ3v) is 3.51. The number of benzene rings is 1. The van der Waals surface area contributed by atoms with Crippen LogP contribution in [0, 0.1) is 11.5 Å². The predicted octanol–water partition coefficient (Wildman–Crippen LogP) is 2.81. The third kappa shape index (κ3) is 7.12. The summed E-state index contributed by atoms with van der Waals surface area (Å²) in [6.07, 6.45) is 1.40. The van der Waals surface area contributed by atoms with Crippen molar-refractivity contribution in [3.8, 4) is 17.2 Å². The van der Waals surface area contributed by atoms with E-state index in [1.807, 2.05) is 18.2 Å². The third-order valence-electron chi connectivity index (χ3n) is 1.96. The largest absolute Gasteiger partial charge is 0.483 e. The molecule has 0 bridgehead atoms. The van der Waals surface area contributed by atoms with Crippen LogP contribution >= 0.6 is 15.9 Å². The summed E-state index contributed by atoms with van der Waals surface area (Å²) in [5.41, 5.74) is 5.47. The van der Waals surface area contributed by atoms with E-state index < -0.39 is 8.07 Å². The molecule has 0 radical (unpaired) electrons. The number of hydrazone groups is 1. The van der Waals surface area contributed by atoms with Gasteiger partial charge in [-0.2, -0.15) is 5.10 Å². The molecule has 0 fully saturated rings. The highest BCUT2D eigenvalue weighted by atomic mass is 79.9. The van der Waals surface area contributed by atoms with Gasteiger partial charge in [0.15, 0.2) is 6.61 Å². The maximum atomic E-state index is 11.5. The Bertz CT molecular complexity index is 556. The Labute approximate surface area is 128 Å². The van der Waals surface area contributed by atoms with Crippen molar-refractivity contribution in [2.75, 3.05) is 6.61 Å². The lowest BCUT2D eigenvalue weighted by molar-refractivity contribution is -0.123. The minimum Gasteiger partial charge on any atom is -0.483 e. The molecule has 4 nitrogen and oxygen atoms in total. The van der Waals surface area contributed by atoms with Gasteiger partial charge in [0.1, 0.15) is 13.8 Å². The molecule has 20 heavy (non-hydrogen) atoms. The van der Waals surface area contributed by atoms with E-state index in [0.717, 1.165) is 4.47 Å². The molecule has 106 valence electrons. The van der Waals surface area contributed by atoms with Gasteiger partial charge in [-0.3, -0.25) is 4.79 Å². The molecule has 0 aliphatic rings. The average Bonchev–Trinajstić information content (AvgIpc) is 2.36. The van der Waals surface area contributed by atoms with Gasteiger partial charge in [-0.1, -0.05) is 37.7 Å². The van der Waals surface area contributed by atoms with Crippen LogP contribution in [0.5, 0.6) is 5.75 Å². The zero-order valence-electron chi connectivity index (χ0n) is 11.7. The van der Waals surface area contributed by atoms with Gasteiger partial charge < -0.3 is 4.74 Å². The highest BCUT2D eigenvalue weighted by molar-refractivity contribution is 9.10. The van der Waals surface area contributed by atoms with Gasteiger partial charge in [-0.25, -0.2) is 5.43 Å². The summed E-state index contributed by atoms with van der Waals surface area (Å²) in [5, 5.41) is 3.74. The average molecular weight is 353 g/mol. The number of hydrogen-bond donors (Lipinski definition) is 1. The van der Waals surface area contributed by atoms with E-state index in [9.17, 15) is 4.79 Å². The summed E-state index contributed by atoms with van der Waals surface area (Å²) in [4.78, 5) is 11.5. The zero-order chi connectivity index (χ0) is 15.0. The van der Waals surface area contributed by atoms with E-state index in [4.69, 9.17) is 4.74 Å².